The highest BCUT2D eigenvalue weighted by Crippen LogP contribution is 2.32. The average Bonchev–Trinajstić information content (AvgIpc) is 2.85. The van der Waals surface area contributed by atoms with Crippen molar-refractivity contribution >= 4 is 32.4 Å². The Morgan fingerprint density at radius 1 is 1.53 bits per heavy atom. The molecule has 0 bridgehead atoms. The Morgan fingerprint density at radius 2 is 2.33 bits per heavy atom. The highest BCUT2D eigenvalue weighted by atomic mass is 79.9. The van der Waals surface area contributed by atoms with Crippen molar-refractivity contribution in [2.45, 2.75) is 25.3 Å². The van der Waals surface area contributed by atoms with E-state index in [1.807, 2.05) is 0 Å². The number of hydrogen-bond acceptors (Lipinski definition) is 4. The Kier molecular flexibility index (Phi) is 3.50. The fraction of sp³-hybridized carbons (Fsp3) is 0.750. The van der Waals surface area contributed by atoms with Crippen molar-refractivity contribution in [2.24, 2.45) is 0 Å². The van der Waals surface area contributed by atoms with E-state index in [4.69, 9.17) is 0 Å². The lowest BCUT2D eigenvalue weighted by atomic mass is 10.2. The second-order valence-corrected chi connectivity index (χ2v) is 5.00. The highest BCUT2D eigenvalue weighted by molar-refractivity contribution is 9.09. The molecule has 7 heteroatoms. The molecule has 1 aromatic rings. The molecule has 15 heavy (non-hydrogen) atoms. The van der Waals surface area contributed by atoms with E-state index in [1.165, 1.54) is 0 Å². The summed E-state index contributed by atoms with van der Waals surface area (Å²) in [7, 11) is 0. The van der Waals surface area contributed by atoms with Gasteiger partial charge >= 0.3 is 0 Å². The molecule has 1 aliphatic heterocycles. The van der Waals surface area contributed by atoms with Crippen LogP contribution in [-0.4, -0.2) is 28.1 Å². The summed E-state index contributed by atoms with van der Waals surface area (Å²) in [6.07, 6.45) is -0.351. The van der Waals surface area contributed by atoms with Crippen LogP contribution in [0.3, 0.4) is 0 Å². The van der Waals surface area contributed by atoms with Gasteiger partial charge in [-0.3, -0.25) is 0 Å². The second kappa shape index (κ2) is 4.69. The van der Waals surface area contributed by atoms with Gasteiger partial charge in [0, 0.05) is 17.9 Å². The molecule has 2 rings (SSSR count). The van der Waals surface area contributed by atoms with Crippen molar-refractivity contribution in [1.29, 1.82) is 0 Å². The number of aromatic nitrogens is 2. The maximum absolute atomic E-state index is 12.3. The van der Waals surface area contributed by atoms with Crippen molar-refractivity contribution in [3.63, 3.8) is 0 Å². The summed E-state index contributed by atoms with van der Waals surface area (Å²) in [6.45, 7) is 0.883. The van der Waals surface area contributed by atoms with Crippen LogP contribution in [0.25, 0.3) is 0 Å². The maximum atomic E-state index is 12.3. The number of nitrogens with zero attached hydrogens (tertiary/aromatic N) is 3. The van der Waals surface area contributed by atoms with Crippen LogP contribution in [0.1, 0.15) is 24.3 Å². The number of rotatable bonds is 3. The largest absolute Gasteiger partial charge is 0.343 e. The molecule has 1 aliphatic rings. The van der Waals surface area contributed by atoms with Gasteiger partial charge in [0.1, 0.15) is 0 Å². The Labute approximate surface area is 98.6 Å². The standard InChI is InChI=1S/C8H10BrF2N3S/c9-4-5-2-1-3-14(5)8-13-12-7(15-8)6(10)11/h5-6H,1-4H2. The van der Waals surface area contributed by atoms with Crippen molar-refractivity contribution < 1.29 is 8.78 Å². The van der Waals surface area contributed by atoms with E-state index < -0.39 is 6.43 Å². The maximum Gasteiger partial charge on any atom is 0.291 e. The zero-order chi connectivity index (χ0) is 10.8. The first-order valence-electron chi connectivity index (χ1n) is 4.66. The number of hydrogen-bond donors (Lipinski definition) is 0. The van der Waals surface area contributed by atoms with Gasteiger partial charge in [0.2, 0.25) is 5.13 Å². The number of alkyl halides is 3. The topological polar surface area (TPSA) is 29.0 Å². The van der Waals surface area contributed by atoms with Gasteiger partial charge in [0.05, 0.1) is 0 Å². The monoisotopic (exact) mass is 297 g/mol. The van der Waals surface area contributed by atoms with Crippen LogP contribution < -0.4 is 4.90 Å². The molecule has 1 fully saturated rings. The Bertz CT molecular complexity index is 333. The Balaban J connectivity index is 2.14. The third-order valence-corrected chi connectivity index (χ3v) is 4.13. The normalized spacial score (nSPS) is 21.6. The lowest BCUT2D eigenvalue weighted by molar-refractivity contribution is 0.150. The minimum Gasteiger partial charge on any atom is -0.343 e. The zero-order valence-corrected chi connectivity index (χ0v) is 10.3. The van der Waals surface area contributed by atoms with Crippen LogP contribution in [0.15, 0.2) is 0 Å². The molecule has 0 spiro atoms. The van der Waals surface area contributed by atoms with Crippen molar-refractivity contribution in [1.82, 2.24) is 10.2 Å². The predicted octanol–water partition coefficient (Wildman–Crippen LogP) is 2.84. The molecule has 1 unspecified atom stereocenters. The van der Waals surface area contributed by atoms with E-state index in [0.717, 1.165) is 36.1 Å². The van der Waals surface area contributed by atoms with Crippen LogP contribution in [0.5, 0.6) is 0 Å². The molecule has 3 nitrogen and oxygen atoms in total. The van der Waals surface area contributed by atoms with Crippen LogP contribution in [0, 0.1) is 0 Å². The third-order valence-electron chi connectivity index (χ3n) is 2.42. The summed E-state index contributed by atoms with van der Waals surface area (Å²) in [5.74, 6) is 0. The Hall–Kier alpha value is -0.300. The van der Waals surface area contributed by atoms with Gasteiger partial charge in [-0.1, -0.05) is 27.3 Å². The molecule has 1 aromatic heterocycles. The first-order chi connectivity index (χ1) is 7.22. The second-order valence-electron chi connectivity index (χ2n) is 3.37. The summed E-state index contributed by atoms with van der Waals surface area (Å²) in [5.41, 5.74) is 0. The minimum atomic E-state index is -2.51. The van der Waals surface area contributed by atoms with Crippen molar-refractivity contribution in [3.05, 3.63) is 5.01 Å². The van der Waals surface area contributed by atoms with Gasteiger partial charge in [0.25, 0.3) is 6.43 Å². The first kappa shape index (κ1) is 11.2. The molecule has 0 N–H and O–H groups in total. The van der Waals surface area contributed by atoms with Crippen molar-refractivity contribution in [2.75, 3.05) is 16.8 Å². The molecule has 0 aliphatic carbocycles. The summed E-state index contributed by atoms with van der Waals surface area (Å²) >= 11 is 4.41. The quantitative estimate of drug-likeness (QED) is 0.804. The SMILES string of the molecule is FC(F)c1nnc(N2CCCC2CBr)s1. The molecular weight excluding hydrogens is 288 g/mol. The van der Waals surface area contributed by atoms with E-state index in [1.54, 1.807) is 0 Å². The molecule has 84 valence electrons. The van der Waals surface area contributed by atoms with E-state index in [0.29, 0.717) is 11.2 Å². The molecular formula is C8H10BrF2N3S. The van der Waals surface area contributed by atoms with Crippen LogP contribution in [-0.2, 0) is 0 Å². The number of anilines is 1. The molecule has 0 amide bonds. The van der Waals surface area contributed by atoms with Gasteiger partial charge in [0.15, 0.2) is 5.01 Å². The zero-order valence-electron chi connectivity index (χ0n) is 7.87. The van der Waals surface area contributed by atoms with Gasteiger partial charge in [-0.25, -0.2) is 8.78 Å². The Morgan fingerprint density at radius 3 is 2.93 bits per heavy atom. The van der Waals surface area contributed by atoms with Gasteiger partial charge in [-0.05, 0) is 12.8 Å². The fourth-order valence-corrected chi connectivity index (χ4v) is 3.15. The van der Waals surface area contributed by atoms with E-state index in [9.17, 15) is 8.78 Å². The third kappa shape index (κ3) is 2.28. The van der Waals surface area contributed by atoms with E-state index in [2.05, 4.69) is 31.0 Å². The van der Waals surface area contributed by atoms with Crippen molar-refractivity contribution in [3.8, 4) is 0 Å². The van der Waals surface area contributed by atoms with E-state index >= 15 is 0 Å². The summed E-state index contributed by atoms with van der Waals surface area (Å²) in [6, 6.07) is 0.364. The lowest BCUT2D eigenvalue weighted by Gasteiger charge is -2.21. The molecule has 1 atom stereocenters. The van der Waals surface area contributed by atoms with Crippen LogP contribution >= 0.6 is 27.3 Å². The summed E-state index contributed by atoms with van der Waals surface area (Å²) in [5, 5.41) is 8.57. The van der Waals surface area contributed by atoms with Gasteiger partial charge in [-0.15, -0.1) is 10.2 Å². The molecule has 0 aromatic carbocycles. The molecule has 1 saturated heterocycles. The minimum absolute atomic E-state index is 0.190. The summed E-state index contributed by atoms with van der Waals surface area (Å²) < 4.78 is 24.7. The van der Waals surface area contributed by atoms with Crippen LogP contribution in [0.2, 0.25) is 0 Å². The predicted molar refractivity (Wildman–Crippen MR) is 59.0 cm³/mol. The fourth-order valence-electron chi connectivity index (χ4n) is 1.68. The van der Waals surface area contributed by atoms with Gasteiger partial charge < -0.3 is 4.90 Å². The molecule has 0 radical (unpaired) electrons. The van der Waals surface area contributed by atoms with Crippen LogP contribution in [0.4, 0.5) is 13.9 Å². The number of halogens is 3. The lowest BCUT2D eigenvalue weighted by Crippen LogP contribution is -2.30. The van der Waals surface area contributed by atoms with Gasteiger partial charge in [-0.2, -0.15) is 0 Å². The molecule has 0 saturated carbocycles. The summed E-state index contributed by atoms with van der Waals surface area (Å²) in [4.78, 5) is 2.05. The average molecular weight is 298 g/mol. The highest BCUT2D eigenvalue weighted by Gasteiger charge is 2.27. The molecule has 2 heterocycles. The first-order valence-corrected chi connectivity index (χ1v) is 6.60. The smallest absolute Gasteiger partial charge is 0.291 e. The van der Waals surface area contributed by atoms with E-state index in [-0.39, 0.29) is 5.01 Å².